The van der Waals surface area contributed by atoms with Gasteiger partial charge in [0.2, 0.25) is 5.91 Å². The summed E-state index contributed by atoms with van der Waals surface area (Å²) in [7, 11) is 0. The molecule has 0 aliphatic carbocycles. The first-order valence-corrected chi connectivity index (χ1v) is 8.07. The number of nitrogens with two attached hydrogens (primary N) is 1. The largest absolute Gasteiger partial charge is 0.330 e. The van der Waals surface area contributed by atoms with Gasteiger partial charge in [-0.1, -0.05) is 42.5 Å². The number of nitrogens with zero attached hydrogens (tertiary/aromatic N) is 1. The number of benzene rings is 2. The summed E-state index contributed by atoms with van der Waals surface area (Å²) >= 11 is 0. The average molecular weight is 306 g/mol. The molecule has 0 saturated heterocycles. The van der Waals surface area contributed by atoms with Crippen LogP contribution in [-0.4, -0.2) is 17.0 Å². The highest BCUT2D eigenvalue weighted by Gasteiger charge is 2.13. The fourth-order valence-corrected chi connectivity index (χ4v) is 3.06. The van der Waals surface area contributed by atoms with E-state index in [-0.39, 0.29) is 5.91 Å². The topological polar surface area (TPSA) is 48.0 Å². The summed E-state index contributed by atoms with van der Waals surface area (Å²) in [6, 6.07) is 16.3. The number of hydrogen-bond donors (Lipinski definition) is 1. The van der Waals surface area contributed by atoms with Gasteiger partial charge in [-0.05, 0) is 49.1 Å². The number of hydrogen-bond acceptors (Lipinski definition) is 2. The van der Waals surface area contributed by atoms with Crippen molar-refractivity contribution in [3.8, 4) is 0 Å². The third kappa shape index (κ3) is 3.20. The number of rotatable bonds is 5. The van der Waals surface area contributed by atoms with E-state index in [1.165, 1.54) is 11.1 Å². The van der Waals surface area contributed by atoms with Crippen LogP contribution < -0.4 is 5.73 Å². The van der Waals surface area contributed by atoms with Gasteiger partial charge >= 0.3 is 0 Å². The zero-order valence-corrected chi connectivity index (χ0v) is 13.5. The first kappa shape index (κ1) is 15.5. The number of aromatic nitrogens is 1. The van der Waals surface area contributed by atoms with Gasteiger partial charge < -0.3 is 5.73 Å². The number of fused-ring (bicyclic) bond motifs is 1. The summed E-state index contributed by atoms with van der Waals surface area (Å²) in [6.45, 7) is 2.68. The molecule has 0 atom stereocenters. The molecule has 3 aromatic rings. The van der Waals surface area contributed by atoms with Crippen LogP contribution in [0.15, 0.2) is 54.7 Å². The maximum absolute atomic E-state index is 12.7. The van der Waals surface area contributed by atoms with Crippen LogP contribution in [0.1, 0.15) is 27.9 Å². The van der Waals surface area contributed by atoms with Gasteiger partial charge in [0.1, 0.15) is 0 Å². The van der Waals surface area contributed by atoms with Crippen LogP contribution in [-0.2, 0) is 12.8 Å². The van der Waals surface area contributed by atoms with Crippen LogP contribution in [0, 0.1) is 6.92 Å². The lowest BCUT2D eigenvalue weighted by Crippen LogP contribution is -2.10. The Hall–Kier alpha value is -2.39. The lowest BCUT2D eigenvalue weighted by atomic mass is 10.0. The minimum Gasteiger partial charge on any atom is -0.330 e. The van der Waals surface area contributed by atoms with Crippen molar-refractivity contribution >= 4 is 16.8 Å². The molecule has 0 aliphatic rings. The van der Waals surface area contributed by atoms with E-state index in [4.69, 9.17) is 5.73 Å². The number of aryl methyl sites for hydroxylation is 2. The fraction of sp³-hybridized carbons (Fsp3) is 0.250. The van der Waals surface area contributed by atoms with Crippen molar-refractivity contribution in [1.82, 2.24) is 4.57 Å². The predicted octanol–water partition coefficient (Wildman–Crippen LogP) is 3.72. The quantitative estimate of drug-likeness (QED) is 0.781. The summed E-state index contributed by atoms with van der Waals surface area (Å²) in [4.78, 5) is 12.7. The molecular formula is C20H22N2O. The molecule has 0 spiro atoms. The van der Waals surface area contributed by atoms with E-state index in [0.717, 1.165) is 29.3 Å². The van der Waals surface area contributed by atoms with E-state index in [9.17, 15) is 4.79 Å². The Labute approximate surface area is 136 Å². The maximum atomic E-state index is 12.7. The summed E-state index contributed by atoms with van der Waals surface area (Å²) in [5.41, 5.74) is 10.3. The van der Waals surface area contributed by atoms with Gasteiger partial charge in [0.05, 0.1) is 5.52 Å². The molecule has 0 radical (unpaired) electrons. The van der Waals surface area contributed by atoms with Gasteiger partial charge in [0, 0.05) is 18.0 Å². The molecule has 3 nitrogen and oxygen atoms in total. The second kappa shape index (κ2) is 6.80. The molecular weight excluding hydrogens is 284 g/mol. The van der Waals surface area contributed by atoms with Crippen LogP contribution in [0.4, 0.5) is 0 Å². The molecule has 2 N–H and O–H groups in total. The Morgan fingerprint density at radius 2 is 1.74 bits per heavy atom. The van der Waals surface area contributed by atoms with Gasteiger partial charge in [-0.3, -0.25) is 9.36 Å². The highest BCUT2D eigenvalue weighted by Crippen LogP contribution is 2.22. The van der Waals surface area contributed by atoms with Crippen LogP contribution >= 0.6 is 0 Å². The second-order valence-electron chi connectivity index (χ2n) is 5.90. The van der Waals surface area contributed by atoms with Crippen molar-refractivity contribution in [1.29, 1.82) is 0 Å². The normalized spacial score (nSPS) is 11.0. The van der Waals surface area contributed by atoms with E-state index in [1.807, 2.05) is 36.5 Å². The maximum Gasteiger partial charge on any atom is 0.231 e. The van der Waals surface area contributed by atoms with Gasteiger partial charge in [-0.2, -0.15) is 0 Å². The molecule has 0 bridgehead atoms. The Morgan fingerprint density at radius 1 is 1.00 bits per heavy atom. The lowest BCUT2D eigenvalue weighted by molar-refractivity contribution is 0.0908. The fourth-order valence-electron chi connectivity index (χ4n) is 3.06. The Kier molecular flexibility index (Phi) is 4.58. The molecule has 3 heteroatoms. The molecule has 118 valence electrons. The zero-order valence-electron chi connectivity index (χ0n) is 13.5. The number of para-hydroxylation sites is 1. The molecule has 1 heterocycles. The Bertz CT molecular complexity index is 833. The predicted molar refractivity (Wildman–Crippen MR) is 94.8 cm³/mol. The first-order chi connectivity index (χ1) is 11.2. The van der Waals surface area contributed by atoms with Crippen molar-refractivity contribution in [2.24, 2.45) is 5.73 Å². The van der Waals surface area contributed by atoms with Crippen molar-refractivity contribution in [2.45, 2.75) is 26.2 Å². The summed E-state index contributed by atoms with van der Waals surface area (Å²) in [6.07, 6.45) is 4.02. The monoisotopic (exact) mass is 306 g/mol. The molecule has 0 fully saturated rings. The minimum absolute atomic E-state index is 0.132. The Morgan fingerprint density at radius 3 is 2.52 bits per heavy atom. The molecule has 2 aromatic carbocycles. The van der Waals surface area contributed by atoms with Crippen molar-refractivity contribution in [2.75, 3.05) is 6.54 Å². The van der Waals surface area contributed by atoms with Crippen molar-refractivity contribution in [3.05, 3.63) is 71.4 Å². The summed E-state index contributed by atoms with van der Waals surface area (Å²) in [5.74, 6) is 0.132. The molecule has 0 unspecified atom stereocenters. The molecule has 0 saturated carbocycles. The van der Waals surface area contributed by atoms with E-state index < -0.39 is 0 Å². The third-order valence-corrected chi connectivity index (χ3v) is 4.35. The standard InChI is InChI=1S/C20H22N2O/c1-15-6-2-3-7-16(15)10-11-20(23)22-14-17(12-13-21)18-8-4-5-9-19(18)22/h2-9,14H,10-13,21H2,1H3. The van der Waals surface area contributed by atoms with Gasteiger partial charge in [0.25, 0.3) is 0 Å². The van der Waals surface area contributed by atoms with Crippen molar-refractivity contribution in [3.63, 3.8) is 0 Å². The lowest BCUT2D eigenvalue weighted by Gasteiger charge is -2.06. The highest BCUT2D eigenvalue weighted by molar-refractivity contribution is 5.94. The minimum atomic E-state index is 0.132. The van der Waals surface area contributed by atoms with Crippen molar-refractivity contribution < 1.29 is 4.79 Å². The van der Waals surface area contributed by atoms with Crippen LogP contribution in [0.2, 0.25) is 0 Å². The number of carbonyl (C=O) groups excluding carboxylic acids is 1. The van der Waals surface area contributed by atoms with E-state index >= 15 is 0 Å². The summed E-state index contributed by atoms with van der Waals surface area (Å²) < 4.78 is 1.79. The highest BCUT2D eigenvalue weighted by atomic mass is 16.2. The zero-order chi connectivity index (χ0) is 16.2. The van der Waals surface area contributed by atoms with Crippen LogP contribution in [0.5, 0.6) is 0 Å². The van der Waals surface area contributed by atoms with E-state index in [1.54, 1.807) is 4.57 Å². The van der Waals surface area contributed by atoms with E-state index in [0.29, 0.717) is 13.0 Å². The van der Waals surface area contributed by atoms with Crippen LogP contribution in [0.25, 0.3) is 10.9 Å². The summed E-state index contributed by atoms with van der Waals surface area (Å²) in [5, 5.41) is 1.13. The SMILES string of the molecule is Cc1ccccc1CCC(=O)n1cc(CCN)c2ccccc21. The second-order valence-corrected chi connectivity index (χ2v) is 5.90. The van der Waals surface area contributed by atoms with E-state index in [2.05, 4.69) is 25.1 Å². The van der Waals surface area contributed by atoms with Gasteiger partial charge in [-0.25, -0.2) is 0 Å². The molecule has 1 aromatic heterocycles. The Balaban J connectivity index is 1.85. The smallest absolute Gasteiger partial charge is 0.231 e. The molecule has 3 rings (SSSR count). The molecule has 0 aliphatic heterocycles. The molecule has 23 heavy (non-hydrogen) atoms. The van der Waals surface area contributed by atoms with Gasteiger partial charge in [0.15, 0.2) is 0 Å². The average Bonchev–Trinajstić information content (AvgIpc) is 2.93. The first-order valence-electron chi connectivity index (χ1n) is 8.07. The van der Waals surface area contributed by atoms with Gasteiger partial charge in [-0.15, -0.1) is 0 Å². The third-order valence-electron chi connectivity index (χ3n) is 4.35. The number of carbonyl (C=O) groups is 1. The van der Waals surface area contributed by atoms with Crippen LogP contribution in [0.3, 0.4) is 0 Å². The molecule has 0 amide bonds.